The summed E-state index contributed by atoms with van der Waals surface area (Å²) >= 11 is 0. The lowest BCUT2D eigenvalue weighted by atomic mass is 9.96. The topological polar surface area (TPSA) is 87.7 Å². The average molecular weight is 246 g/mol. The van der Waals surface area contributed by atoms with Crippen LogP contribution in [0.3, 0.4) is 0 Å². The molecule has 0 aromatic rings. The Morgan fingerprint density at radius 3 is 2.35 bits per heavy atom. The van der Waals surface area contributed by atoms with Gasteiger partial charge in [-0.1, -0.05) is 20.8 Å². The van der Waals surface area contributed by atoms with Crippen molar-refractivity contribution < 1.29 is 19.4 Å². The van der Waals surface area contributed by atoms with Crippen molar-refractivity contribution in [2.24, 2.45) is 5.41 Å². The van der Waals surface area contributed by atoms with Crippen LogP contribution in [-0.4, -0.2) is 49.8 Å². The molecule has 0 aromatic heterocycles. The number of amides is 2. The van der Waals surface area contributed by atoms with Crippen molar-refractivity contribution in [3.05, 3.63) is 0 Å². The number of carbonyl (C=O) groups excluding carboxylic acids is 2. The van der Waals surface area contributed by atoms with Crippen LogP contribution in [0.15, 0.2) is 0 Å². The monoisotopic (exact) mass is 246 g/mol. The van der Waals surface area contributed by atoms with Crippen molar-refractivity contribution in [1.29, 1.82) is 0 Å². The summed E-state index contributed by atoms with van der Waals surface area (Å²) in [6.45, 7) is 5.23. The number of carbonyl (C=O) groups is 2. The third kappa shape index (κ3) is 6.91. The maximum atomic E-state index is 11.5. The van der Waals surface area contributed by atoms with E-state index in [-0.39, 0.29) is 31.6 Å². The third-order valence-electron chi connectivity index (χ3n) is 2.04. The van der Waals surface area contributed by atoms with Gasteiger partial charge >= 0.3 is 0 Å². The maximum absolute atomic E-state index is 11.5. The zero-order valence-corrected chi connectivity index (χ0v) is 10.9. The lowest BCUT2D eigenvalue weighted by molar-refractivity contribution is -0.131. The van der Waals surface area contributed by atoms with Crippen LogP contribution in [0.25, 0.3) is 0 Å². The molecule has 3 N–H and O–H groups in total. The first-order valence-electron chi connectivity index (χ1n) is 5.48. The fraction of sp³-hybridized carbons (Fsp3) is 0.818. The van der Waals surface area contributed by atoms with E-state index in [1.54, 1.807) is 20.8 Å². The van der Waals surface area contributed by atoms with E-state index >= 15 is 0 Å². The van der Waals surface area contributed by atoms with Gasteiger partial charge in [-0.05, 0) is 0 Å². The molecule has 2 amide bonds. The second-order valence-electron chi connectivity index (χ2n) is 4.84. The number of aliphatic hydroxyl groups is 1. The van der Waals surface area contributed by atoms with E-state index in [2.05, 4.69) is 10.6 Å². The van der Waals surface area contributed by atoms with Gasteiger partial charge in [0.25, 0.3) is 0 Å². The number of hydrogen-bond donors (Lipinski definition) is 3. The molecule has 6 nitrogen and oxygen atoms in total. The largest absolute Gasteiger partial charge is 0.394 e. The first kappa shape index (κ1) is 15.9. The zero-order valence-electron chi connectivity index (χ0n) is 10.9. The predicted octanol–water partition coefficient (Wildman–Crippen LogP) is -0.728. The summed E-state index contributed by atoms with van der Waals surface area (Å²) in [6.07, 6.45) is 0. The Morgan fingerprint density at radius 2 is 1.94 bits per heavy atom. The molecule has 100 valence electrons. The standard InChI is InChI=1S/C11H22N2O4/c1-11(2,3)10(16)12-5-9(15)13-8(6-14)7-17-4/h8,14H,5-7H2,1-4H3,(H,12,16)(H,13,15). The Kier molecular flexibility index (Phi) is 6.75. The number of methoxy groups -OCH3 is 1. The summed E-state index contributed by atoms with van der Waals surface area (Å²) in [5, 5.41) is 14.0. The van der Waals surface area contributed by atoms with Gasteiger partial charge in [-0.15, -0.1) is 0 Å². The summed E-state index contributed by atoms with van der Waals surface area (Å²) in [7, 11) is 1.48. The highest BCUT2D eigenvalue weighted by Gasteiger charge is 2.21. The molecule has 0 aromatic carbocycles. The lowest BCUT2D eigenvalue weighted by Crippen LogP contribution is -2.47. The van der Waals surface area contributed by atoms with E-state index in [4.69, 9.17) is 9.84 Å². The maximum Gasteiger partial charge on any atom is 0.239 e. The molecule has 0 saturated carbocycles. The van der Waals surface area contributed by atoms with Crippen LogP contribution < -0.4 is 10.6 Å². The molecule has 0 aliphatic heterocycles. The van der Waals surface area contributed by atoms with Gasteiger partial charge in [0.2, 0.25) is 11.8 Å². The molecule has 17 heavy (non-hydrogen) atoms. The van der Waals surface area contributed by atoms with Crippen molar-refractivity contribution in [1.82, 2.24) is 10.6 Å². The van der Waals surface area contributed by atoms with Crippen LogP contribution in [-0.2, 0) is 14.3 Å². The van der Waals surface area contributed by atoms with Gasteiger partial charge < -0.3 is 20.5 Å². The number of hydrogen-bond acceptors (Lipinski definition) is 4. The fourth-order valence-electron chi connectivity index (χ4n) is 1.05. The van der Waals surface area contributed by atoms with Crippen molar-refractivity contribution in [3.63, 3.8) is 0 Å². The molecule has 0 saturated heterocycles. The van der Waals surface area contributed by atoms with Gasteiger partial charge in [0.15, 0.2) is 0 Å². The summed E-state index contributed by atoms with van der Waals surface area (Å²) in [5.41, 5.74) is -0.525. The van der Waals surface area contributed by atoms with Crippen LogP contribution in [0.2, 0.25) is 0 Å². The van der Waals surface area contributed by atoms with Crippen LogP contribution in [0, 0.1) is 5.41 Å². The molecule has 0 aliphatic carbocycles. The van der Waals surface area contributed by atoms with E-state index in [1.165, 1.54) is 7.11 Å². The molecule has 0 rings (SSSR count). The van der Waals surface area contributed by atoms with Crippen LogP contribution in [0.4, 0.5) is 0 Å². The smallest absolute Gasteiger partial charge is 0.239 e. The van der Waals surface area contributed by atoms with Crippen LogP contribution in [0.5, 0.6) is 0 Å². The quantitative estimate of drug-likeness (QED) is 0.577. The summed E-state index contributed by atoms with van der Waals surface area (Å²) in [6, 6.07) is -0.445. The summed E-state index contributed by atoms with van der Waals surface area (Å²) < 4.78 is 4.81. The SMILES string of the molecule is COCC(CO)NC(=O)CNC(=O)C(C)(C)C. The Balaban J connectivity index is 3.98. The molecule has 0 fully saturated rings. The van der Waals surface area contributed by atoms with Gasteiger partial charge in [0.1, 0.15) is 0 Å². The average Bonchev–Trinajstić information content (AvgIpc) is 2.23. The molecular formula is C11H22N2O4. The molecule has 0 bridgehead atoms. The number of nitrogens with one attached hydrogen (secondary N) is 2. The van der Waals surface area contributed by atoms with Gasteiger partial charge in [-0.25, -0.2) is 0 Å². The van der Waals surface area contributed by atoms with Crippen molar-refractivity contribution >= 4 is 11.8 Å². The highest BCUT2D eigenvalue weighted by Crippen LogP contribution is 2.11. The second-order valence-corrected chi connectivity index (χ2v) is 4.84. The van der Waals surface area contributed by atoms with Crippen molar-refractivity contribution in [3.8, 4) is 0 Å². The van der Waals surface area contributed by atoms with E-state index in [1.807, 2.05) is 0 Å². The minimum Gasteiger partial charge on any atom is -0.394 e. The number of ether oxygens (including phenoxy) is 1. The van der Waals surface area contributed by atoms with E-state index in [0.717, 1.165) is 0 Å². The van der Waals surface area contributed by atoms with Crippen LogP contribution >= 0.6 is 0 Å². The van der Waals surface area contributed by atoms with E-state index in [9.17, 15) is 9.59 Å². The van der Waals surface area contributed by atoms with Gasteiger partial charge in [-0.3, -0.25) is 9.59 Å². The van der Waals surface area contributed by atoms with E-state index in [0.29, 0.717) is 0 Å². The molecule has 0 aliphatic rings. The second kappa shape index (κ2) is 7.24. The summed E-state index contributed by atoms with van der Waals surface area (Å²) in [5.74, 6) is -0.543. The third-order valence-corrected chi connectivity index (χ3v) is 2.04. The Labute approximate surface area is 102 Å². The van der Waals surface area contributed by atoms with Gasteiger partial charge in [0.05, 0.1) is 25.8 Å². The Morgan fingerprint density at radius 1 is 1.35 bits per heavy atom. The van der Waals surface area contributed by atoms with Crippen molar-refractivity contribution in [2.45, 2.75) is 26.8 Å². The lowest BCUT2D eigenvalue weighted by Gasteiger charge is -2.19. The molecule has 6 heteroatoms. The summed E-state index contributed by atoms with van der Waals surface area (Å²) in [4.78, 5) is 22.9. The van der Waals surface area contributed by atoms with Crippen LogP contribution in [0.1, 0.15) is 20.8 Å². The Bertz CT molecular complexity index is 261. The molecule has 0 spiro atoms. The zero-order chi connectivity index (χ0) is 13.5. The fourth-order valence-corrected chi connectivity index (χ4v) is 1.05. The highest BCUT2D eigenvalue weighted by atomic mass is 16.5. The number of aliphatic hydroxyl groups excluding tert-OH is 1. The highest BCUT2D eigenvalue weighted by molar-refractivity contribution is 5.87. The first-order chi connectivity index (χ1) is 7.81. The normalized spacial score (nSPS) is 13.0. The molecule has 0 heterocycles. The minimum absolute atomic E-state index is 0.101. The van der Waals surface area contributed by atoms with E-state index < -0.39 is 11.5 Å². The minimum atomic E-state index is -0.525. The number of rotatable bonds is 6. The Hall–Kier alpha value is -1.14. The molecular weight excluding hydrogens is 224 g/mol. The van der Waals surface area contributed by atoms with Crippen molar-refractivity contribution in [2.75, 3.05) is 26.9 Å². The molecule has 0 radical (unpaired) electrons. The first-order valence-corrected chi connectivity index (χ1v) is 5.48. The molecule has 1 unspecified atom stereocenters. The molecule has 1 atom stereocenters. The van der Waals surface area contributed by atoms with Gasteiger partial charge in [-0.2, -0.15) is 0 Å². The van der Waals surface area contributed by atoms with Gasteiger partial charge in [0, 0.05) is 12.5 Å². The predicted molar refractivity (Wildman–Crippen MR) is 63.4 cm³/mol.